The Hall–Kier alpha value is -2.40. The zero-order valence-corrected chi connectivity index (χ0v) is 15.8. The molecule has 0 aromatic heterocycles. The molecule has 1 aliphatic rings. The van der Waals surface area contributed by atoms with Gasteiger partial charge in [0.1, 0.15) is 11.5 Å². The van der Waals surface area contributed by atoms with Gasteiger partial charge in [0.25, 0.3) is 0 Å². The summed E-state index contributed by atoms with van der Waals surface area (Å²) in [6.45, 7) is 6.40. The van der Waals surface area contributed by atoms with Crippen molar-refractivity contribution < 1.29 is 9.47 Å². The Labute approximate surface area is 156 Å². The molecule has 2 aromatic carbocycles. The first-order chi connectivity index (χ1) is 12.8. The molecule has 1 heterocycles. The van der Waals surface area contributed by atoms with Crippen molar-refractivity contribution in [3.8, 4) is 11.5 Å². The maximum Gasteiger partial charge on any atom is 0.142 e. The first kappa shape index (κ1) is 18.4. The molecule has 0 unspecified atom stereocenters. The molecule has 0 aliphatic carbocycles. The number of hydrogen-bond acceptors (Lipinski definition) is 5. The van der Waals surface area contributed by atoms with E-state index in [1.807, 2.05) is 24.3 Å². The minimum atomic E-state index is 0.892. The number of benzene rings is 2. The van der Waals surface area contributed by atoms with Crippen LogP contribution in [0.3, 0.4) is 0 Å². The van der Waals surface area contributed by atoms with Crippen LogP contribution >= 0.6 is 0 Å². The third-order valence-corrected chi connectivity index (χ3v) is 4.87. The predicted octanol–water partition coefficient (Wildman–Crippen LogP) is 3.33. The average Bonchev–Trinajstić information content (AvgIpc) is 2.72. The smallest absolute Gasteiger partial charge is 0.142 e. The number of rotatable bonds is 8. The minimum Gasteiger partial charge on any atom is -0.497 e. The topological polar surface area (TPSA) is 37.0 Å². The average molecular weight is 355 g/mol. The molecule has 0 spiro atoms. The fourth-order valence-corrected chi connectivity index (χ4v) is 3.35. The van der Waals surface area contributed by atoms with E-state index in [4.69, 9.17) is 9.47 Å². The highest BCUT2D eigenvalue weighted by Gasteiger charge is 2.18. The van der Waals surface area contributed by atoms with E-state index in [0.29, 0.717) is 0 Å². The lowest BCUT2D eigenvalue weighted by molar-refractivity contribution is 0.256. The van der Waals surface area contributed by atoms with Gasteiger partial charge in [-0.05, 0) is 49.4 Å². The van der Waals surface area contributed by atoms with E-state index in [-0.39, 0.29) is 0 Å². The Bertz CT molecular complexity index is 667. The van der Waals surface area contributed by atoms with E-state index in [1.54, 1.807) is 14.2 Å². The molecule has 2 aromatic rings. The van der Waals surface area contributed by atoms with Crippen molar-refractivity contribution in [2.75, 3.05) is 63.7 Å². The summed E-state index contributed by atoms with van der Waals surface area (Å²) in [5, 5.41) is 3.48. The van der Waals surface area contributed by atoms with E-state index >= 15 is 0 Å². The van der Waals surface area contributed by atoms with Crippen LogP contribution in [0.15, 0.2) is 48.5 Å². The van der Waals surface area contributed by atoms with E-state index in [9.17, 15) is 0 Å². The van der Waals surface area contributed by atoms with Gasteiger partial charge in [0.05, 0.1) is 19.9 Å². The number of ether oxygens (including phenoxy) is 2. The third-order valence-electron chi connectivity index (χ3n) is 4.87. The van der Waals surface area contributed by atoms with Crippen LogP contribution in [0.25, 0.3) is 0 Å². The van der Waals surface area contributed by atoms with Crippen LogP contribution in [0.4, 0.5) is 11.4 Å². The summed E-state index contributed by atoms with van der Waals surface area (Å²) in [6.07, 6.45) is 1.14. The van der Waals surface area contributed by atoms with Crippen molar-refractivity contribution in [3.63, 3.8) is 0 Å². The molecule has 3 rings (SSSR count). The SMILES string of the molecule is COc1ccc(NCCCN2CCN(c3ccccc3OC)CC2)cc1. The molecule has 0 radical (unpaired) electrons. The summed E-state index contributed by atoms with van der Waals surface area (Å²) in [6, 6.07) is 16.4. The first-order valence-corrected chi connectivity index (χ1v) is 9.28. The molecule has 1 aliphatic heterocycles. The standard InChI is InChI=1S/C21H29N3O2/c1-25-19-10-8-18(9-11-19)22-12-5-13-23-14-16-24(17-15-23)20-6-3-4-7-21(20)26-2/h3-4,6-11,22H,5,12-17H2,1-2H3. The molecule has 0 atom stereocenters. The first-order valence-electron chi connectivity index (χ1n) is 9.28. The zero-order chi connectivity index (χ0) is 18.2. The molecule has 0 amide bonds. The van der Waals surface area contributed by atoms with Crippen LogP contribution < -0.4 is 19.7 Å². The summed E-state index contributed by atoms with van der Waals surface area (Å²) in [4.78, 5) is 4.96. The van der Waals surface area contributed by atoms with Gasteiger partial charge in [-0.1, -0.05) is 12.1 Å². The molecular weight excluding hydrogens is 326 g/mol. The molecule has 0 saturated carbocycles. The van der Waals surface area contributed by atoms with Gasteiger partial charge in [0.15, 0.2) is 0 Å². The maximum atomic E-state index is 5.49. The van der Waals surface area contributed by atoms with Gasteiger partial charge in [-0.15, -0.1) is 0 Å². The fourth-order valence-electron chi connectivity index (χ4n) is 3.35. The number of nitrogens with zero attached hydrogens (tertiary/aromatic N) is 2. The molecule has 26 heavy (non-hydrogen) atoms. The van der Waals surface area contributed by atoms with Crippen LogP contribution in [0.1, 0.15) is 6.42 Å². The number of anilines is 2. The van der Waals surface area contributed by atoms with Gasteiger partial charge in [-0.25, -0.2) is 0 Å². The highest BCUT2D eigenvalue weighted by atomic mass is 16.5. The van der Waals surface area contributed by atoms with Crippen molar-refractivity contribution in [2.45, 2.75) is 6.42 Å². The Balaban J connectivity index is 1.37. The normalized spacial score (nSPS) is 14.9. The number of nitrogens with one attached hydrogen (secondary N) is 1. The summed E-state index contributed by atoms with van der Waals surface area (Å²) in [5.41, 5.74) is 2.35. The van der Waals surface area contributed by atoms with Crippen molar-refractivity contribution >= 4 is 11.4 Å². The molecule has 0 bridgehead atoms. The summed E-state index contributed by atoms with van der Waals surface area (Å²) >= 11 is 0. The van der Waals surface area contributed by atoms with E-state index in [1.165, 1.54) is 5.69 Å². The van der Waals surface area contributed by atoms with Crippen molar-refractivity contribution in [3.05, 3.63) is 48.5 Å². The molecule has 5 nitrogen and oxygen atoms in total. The molecule has 5 heteroatoms. The van der Waals surface area contributed by atoms with E-state index < -0.39 is 0 Å². The molecule has 1 saturated heterocycles. The van der Waals surface area contributed by atoms with Crippen molar-refractivity contribution in [1.82, 2.24) is 4.90 Å². The van der Waals surface area contributed by atoms with Gasteiger partial charge >= 0.3 is 0 Å². The van der Waals surface area contributed by atoms with Crippen LogP contribution in [-0.4, -0.2) is 58.4 Å². The van der Waals surface area contributed by atoms with Crippen LogP contribution in [0.2, 0.25) is 0 Å². The van der Waals surface area contributed by atoms with Crippen molar-refractivity contribution in [1.29, 1.82) is 0 Å². The zero-order valence-electron chi connectivity index (χ0n) is 15.8. The largest absolute Gasteiger partial charge is 0.497 e. The molecule has 140 valence electrons. The van der Waals surface area contributed by atoms with Crippen molar-refractivity contribution in [2.24, 2.45) is 0 Å². The highest BCUT2D eigenvalue weighted by Crippen LogP contribution is 2.28. The quantitative estimate of drug-likeness (QED) is 0.735. The lowest BCUT2D eigenvalue weighted by Crippen LogP contribution is -2.46. The number of hydrogen-bond donors (Lipinski definition) is 1. The maximum absolute atomic E-state index is 5.49. The summed E-state index contributed by atoms with van der Waals surface area (Å²) in [7, 11) is 3.43. The number of para-hydroxylation sites is 2. The second-order valence-corrected chi connectivity index (χ2v) is 6.51. The Kier molecular flexibility index (Phi) is 6.61. The Morgan fingerprint density at radius 1 is 0.885 bits per heavy atom. The lowest BCUT2D eigenvalue weighted by atomic mass is 10.2. The molecular formula is C21H29N3O2. The number of methoxy groups -OCH3 is 2. The number of piperazine rings is 1. The fraction of sp³-hybridized carbons (Fsp3) is 0.429. The van der Waals surface area contributed by atoms with Crippen LogP contribution in [0.5, 0.6) is 11.5 Å². The van der Waals surface area contributed by atoms with Gasteiger partial charge in [-0.3, -0.25) is 4.90 Å². The van der Waals surface area contributed by atoms with Gasteiger partial charge < -0.3 is 19.7 Å². The van der Waals surface area contributed by atoms with E-state index in [2.05, 4.69) is 39.4 Å². The molecule has 1 fully saturated rings. The van der Waals surface area contributed by atoms with Gasteiger partial charge in [0.2, 0.25) is 0 Å². The van der Waals surface area contributed by atoms with Crippen LogP contribution in [-0.2, 0) is 0 Å². The predicted molar refractivity (Wildman–Crippen MR) is 108 cm³/mol. The third kappa shape index (κ3) is 4.82. The van der Waals surface area contributed by atoms with Crippen LogP contribution in [0, 0.1) is 0 Å². The Morgan fingerprint density at radius 2 is 1.62 bits per heavy atom. The highest BCUT2D eigenvalue weighted by molar-refractivity contribution is 5.58. The van der Waals surface area contributed by atoms with Gasteiger partial charge in [0, 0.05) is 38.4 Å². The second-order valence-electron chi connectivity index (χ2n) is 6.51. The summed E-state index contributed by atoms with van der Waals surface area (Å²) in [5.74, 6) is 1.85. The van der Waals surface area contributed by atoms with Gasteiger partial charge in [-0.2, -0.15) is 0 Å². The molecule has 1 N–H and O–H groups in total. The minimum absolute atomic E-state index is 0.892. The summed E-state index contributed by atoms with van der Waals surface area (Å²) < 4.78 is 10.7. The Morgan fingerprint density at radius 3 is 2.31 bits per heavy atom. The lowest BCUT2D eigenvalue weighted by Gasteiger charge is -2.36. The van der Waals surface area contributed by atoms with E-state index in [0.717, 1.165) is 62.9 Å². The monoisotopic (exact) mass is 355 g/mol. The second kappa shape index (κ2) is 9.34.